The van der Waals surface area contributed by atoms with Crippen molar-refractivity contribution in [3.8, 4) is 0 Å². The highest BCUT2D eigenvalue weighted by Crippen LogP contribution is 2.27. The lowest BCUT2D eigenvalue weighted by Gasteiger charge is -2.21. The van der Waals surface area contributed by atoms with E-state index in [4.69, 9.17) is 22.7 Å². The molecule has 22 heavy (non-hydrogen) atoms. The van der Waals surface area contributed by atoms with Crippen LogP contribution >= 0.6 is 12.2 Å². The molecule has 4 nitrogen and oxygen atoms in total. The average Bonchev–Trinajstić information content (AvgIpc) is 2.53. The van der Waals surface area contributed by atoms with Gasteiger partial charge in [0, 0.05) is 6.20 Å². The first-order chi connectivity index (χ1) is 10.7. The van der Waals surface area contributed by atoms with E-state index in [1.165, 1.54) is 32.1 Å². The number of rotatable bonds is 7. The van der Waals surface area contributed by atoms with Crippen LogP contribution < -0.4 is 5.73 Å². The largest absolute Gasteiger partial charge is 0.465 e. The van der Waals surface area contributed by atoms with Gasteiger partial charge in [-0.3, -0.25) is 9.78 Å². The highest BCUT2D eigenvalue weighted by molar-refractivity contribution is 7.80. The number of pyridine rings is 1. The molecule has 1 saturated carbocycles. The molecule has 0 saturated heterocycles. The Hall–Kier alpha value is -1.49. The summed E-state index contributed by atoms with van der Waals surface area (Å²) in [4.78, 5) is 16.5. The molecular weight excluding hydrogens is 296 g/mol. The average molecular weight is 320 g/mol. The minimum Gasteiger partial charge on any atom is -0.465 e. The molecule has 1 fully saturated rings. The van der Waals surface area contributed by atoms with E-state index in [0.29, 0.717) is 12.3 Å². The van der Waals surface area contributed by atoms with E-state index in [2.05, 4.69) is 4.98 Å². The van der Waals surface area contributed by atoms with E-state index >= 15 is 0 Å². The van der Waals surface area contributed by atoms with Crippen LogP contribution in [0.4, 0.5) is 0 Å². The van der Waals surface area contributed by atoms with Crippen LogP contribution in [0.2, 0.25) is 0 Å². The molecule has 1 aromatic rings. The molecule has 0 amide bonds. The molecule has 2 N–H and O–H groups in total. The molecule has 5 heteroatoms. The number of carbonyl (C=O) groups excluding carboxylic acids is 1. The lowest BCUT2D eigenvalue weighted by molar-refractivity contribution is -0.143. The third-order valence-corrected chi connectivity index (χ3v) is 4.47. The molecule has 0 spiro atoms. The summed E-state index contributed by atoms with van der Waals surface area (Å²) in [5, 5.41) is 0. The van der Waals surface area contributed by atoms with Gasteiger partial charge in [0.2, 0.25) is 0 Å². The maximum atomic E-state index is 12.2. The van der Waals surface area contributed by atoms with Crippen LogP contribution in [0, 0.1) is 5.92 Å². The molecule has 1 unspecified atom stereocenters. The molecule has 1 aromatic heterocycles. The molecule has 1 heterocycles. The van der Waals surface area contributed by atoms with Gasteiger partial charge in [0.25, 0.3) is 0 Å². The Morgan fingerprint density at radius 2 is 2.14 bits per heavy atom. The van der Waals surface area contributed by atoms with Gasteiger partial charge in [-0.25, -0.2) is 0 Å². The highest BCUT2D eigenvalue weighted by atomic mass is 32.1. The smallest absolute Gasteiger partial charge is 0.321 e. The molecule has 0 aromatic carbocycles. The van der Waals surface area contributed by atoms with Crippen LogP contribution in [-0.4, -0.2) is 22.5 Å². The number of thiocarbonyl (C=S) groups is 1. The number of carbonyl (C=O) groups is 1. The second kappa shape index (κ2) is 8.83. The molecule has 0 radical (unpaired) electrons. The van der Waals surface area contributed by atoms with E-state index in [1.54, 1.807) is 18.3 Å². The van der Waals surface area contributed by atoms with Gasteiger partial charge in [-0.1, -0.05) is 50.4 Å². The van der Waals surface area contributed by atoms with Crippen LogP contribution in [0.25, 0.3) is 0 Å². The predicted octanol–water partition coefficient (Wildman–Crippen LogP) is 3.36. The summed E-state index contributed by atoms with van der Waals surface area (Å²) < 4.78 is 5.36. The van der Waals surface area contributed by atoms with Gasteiger partial charge in [0.15, 0.2) is 0 Å². The van der Waals surface area contributed by atoms with Gasteiger partial charge < -0.3 is 10.5 Å². The van der Waals surface area contributed by atoms with Crippen molar-refractivity contribution in [3.05, 3.63) is 30.1 Å². The van der Waals surface area contributed by atoms with Crippen molar-refractivity contribution in [3.63, 3.8) is 0 Å². The van der Waals surface area contributed by atoms with E-state index in [9.17, 15) is 4.79 Å². The zero-order valence-electron chi connectivity index (χ0n) is 12.9. The maximum Gasteiger partial charge on any atom is 0.321 e. The van der Waals surface area contributed by atoms with Crippen LogP contribution in [-0.2, 0) is 9.53 Å². The van der Waals surface area contributed by atoms with Gasteiger partial charge in [0.1, 0.15) is 5.92 Å². The molecular formula is C17H24N2O2S. The first-order valence-corrected chi connectivity index (χ1v) is 8.46. The summed E-state index contributed by atoms with van der Waals surface area (Å²) in [6.45, 7) is 0.432. The van der Waals surface area contributed by atoms with Gasteiger partial charge >= 0.3 is 5.97 Å². The van der Waals surface area contributed by atoms with E-state index < -0.39 is 11.9 Å². The number of nitrogens with zero attached hydrogens (tertiary/aromatic N) is 1. The quantitative estimate of drug-likeness (QED) is 0.474. The Balaban J connectivity index is 1.78. The number of ether oxygens (including phenoxy) is 1. The second-order valence-corrected chi connectivity index (χ2v) is 6.38. The fourth-order valence-electron chi connectivity index (χ4n) is 3.03. The van der Waals surface area contributed by atoms with Crippen molar-refractivity contribution in [1.29, 1.82) is 0 Å². The van der Waals surface area contributed by atoms with Gasteiger partial charge in [-0.2, -0.15) is 0 Å². The van der Waals surface area contributed by atoms with Crippen molar-refractivity contribution in [2.45, 2.75) is 50.9 Å². The third-order valence-electron chi connectivity index (χ3n) is 4.23. The SMILES string of the molecule is NC(=S)C(C(=O)OCCCC1CCCCC1)c1ccccn1. The van der Waals surface area contributed by atoms with Crippen molar-refractivity contribution in [1.82, 2.24) is 4.98 Å². The van der Waals surface area contributed by atoms with Crippen molar-refractivity contribution >= 4 is 23.2 Å². The molecule has 120 valence electrons. The highest BCUT2D eigenvalue weighted by Gasteiger charge is 2.26. The van der Waals surface area contributed by atoms with Crippen molar-refractivity contribution in [2.75, 3.05) is 6.61 Å². The van der Waals surface area contributed by atoms with E-state index in [1.807, 2.05) is 6.07 Å². The first-order valence-electron chi connectivity index (χ1n) is 8.05. The van der Waals surface area contributed by atoms with Gasteiger partial charge in [-0.15, -0.1) is 0 Å². The topological polar surface area (TPSA) is 65.2 Å². The molecule has 0 bridgehead atoms. The second-order valence-electron chi connectivity index (χ2n) is 5.90. The predicted molar refractivity (Wildman–Crippen MR) is 90.5 cm³/mol. The summed E-state index contributed by atoms with van der Waals surface area (Å²) in [5.74, 6) is -0.338. The fourth-order valence-corrected chi connectivity index (χ4v) is 3.25. The normalized spacial score (nSPS) is 16.9. The van der Waals surface area contributed by atoms with Crippen molar-refractivity contribution in [2.24, 2.45) is 11.7 Å². The minimum absolute atomic E-state index is 0.107. The summed E-state index contributed by atoms with van der Waals surface area (Å²) in [6, 6.07) is 5.34. The molecule has 0 aliphatic heterocycles. The number of hydrogen-bond acceptors (Lipinski definition) is 4. The fraction of sp³-hybridized carbons (Fsp3) is 0.588. The van der Waals surface area contributed by atoms with Crippen LogP contribution in [0.3, 0.4) is 0 Å². The lowest BCUT2D eigenvalue weighted by atomic mass is 9.86. The number of aromatic nitrogens is 1. The van der Waals surface area contributed by atoms with Crippen LogP contribution in [0.5, 0.6) is 0 Å². The standard InChI is InChI=1S/C17H24N2O2S/c18-16(22)15(14-10-4-5-11-19-14)17(20)21-12-6-9-13-7-2-1-3-8-13/h4-5,10-11,13,15H,1-3,6-9,12H2,(H2,18,22). The van der Waals surface area contributed by atoms with Gasteiger partial charge in [-0.05, 0) is 30.9 Å². The Morgan fingerprint density at radius 1 is 1.36 bits per heavy atom. The summed E-state index contributed by atoms with van der Waals surface area (Å²) in [5.41, 5.74) is 6.23. The molecule has 1 atom stereocenters. The van der Waals surface area contributed by atoms with Crippen LogP contribution in [0.15, 0.2) is 24.4 Å². The van der Waals surface area contributed by atoms with E-state index in [-0.39, 0.29) is 4.99 Å². The lowest BCUT2D eigenvalue weighted by Crippen LogP contribution is -2.29. The molecule has 2 rings (SSSR count). The van der Waals surface area contributed by atoms with E-state index in [0.717, 1.165) is 18.8 Å². The summed E-state index contributed by atoms with van der Waals surface area (Å²) >= 11 is 4.99. The Labute approximate surface area is 137 Å². The molecule has 1 aliphatic carbocycles. The van der Waals surface area contributed by atoms with Crippen LogP contribution in [0.1, 0.15) is 56.6 Å². The zero-order chi connectivity index (χ0) is 15.8. The molecule has 1 aliphatic rings. The monoisotopic (exact) mass is 320 g/mol. The minimum atomic E-state index is -0.745. The summed E-state index contributed by atoms with van der Waals surface area (Å²) in [6.07, 6.45) is 10.3. The Kier molecular flexibility index (Phi) is 6.77. The first kappa shape index (κ1) is 16.9. The zero-order valence-corrected chi connectivity index (χ0v) is 13.7. The Morgan fingerprint density at radius 3 is 2.77 bits per heavy atom. The van der Waals surface area contributed by atoms with Gasteiger partial charge in [0.05, 0.1) is 17.3 Å². The Bertz CT molecular complexity index is 487. The number of hydrogen-bond donors (Lipinski definition) is 1. The van der Waals surface area contributed by atoms with Crippen molar-refractivity contribution < 1.29 is 9.53 Å². The summed E-state index contributed by atoms with van der Waals surface area (Å²) in [7, 11) is 0. The number of nitrogens with two attached hydrogens (primary N) is 1. The third kappa shape index (κ3) is 5.05. The number of esters is 1. The maximum absolute atomic E-state index is 12.2.